The third-order valence-corrected chi connectivity index (χ3v) is 4.91. The van der Waals surface area contributed by atoms with Crippen LogP contribution in [0.2, 0.25) is 0 Å². The molecule has 0 aliphatic heterocycles. The third-order valence-electron chi connectivity index (χ3n) is 4.42. The van der Waals surface area contributed by atoms with Crippen molar-refractivity contribution in [2.75, 3.05) is 12.4 Å². The summed E-state index contributed by atoms with van der Waals surface area (Å²) >= 11 is 3.47. The zero-order valence-corrected chi connectivity index (χ0v) is 24.6. The van der Waals surface area contributed by atoms with E-state index in [9.17, 15) is 9.90 Å². The molecule has 0 atom stereocenters. The van der Waals surface area contributed by atoms with Gasteiger partial charge in [-0.15, -0.1) is 0 Å². The van der Waals surface area contributed by atoms with Crippen LogP contribution < -0.4 is 10.1 Å². The molecule has 0 unspecified atom stereocenters. The van der Waals surface area contributed by atoms with Crippen LogP contribution in [0.4, 0.5) is 5.82 Å². The van der Waals surface area contributed by atoms with Crippen LogP contribution in [0.25, 0.3) is 10.9 Å². The minimum absolute atomic E-state index is 0. The van der Waals surface area contributed by atoms with E-state index in [1.807, 2.05) is 52.8 Å². The van der Waals surface area contributed by atoms with E-state index in [0.29, 0.717) is 35.9 Å². The fourth-order valence-electron chi connectivity index (χ4n) is 2.45. The number of fused-ring (bicyclic) bond motifs is 1. The molecule has 0 fully saturated rings. The molecule has 2 aromatic carbocycles. The van der Waals surface area contributed by atoms with Gasteiger partial charge in [-0.25, -0.2) is 9.97 Å². The standard InChI is InChI=1S/C17H16BrN3O2.C6H11O.C2H6.W/c1-10-20-14-8-15(22)16(23-2)7-13(14)17(21-10)19-9-11-4-3-5-12(18)6-11;1-4-6(2,3)5-7;1-2;/h3-8,22H,9H2,1-2H3,(H,19,20,21);5H,1,4H2,2-3H3;1-2H3;/q;-1;;. The van der Waals surface area contributed by atoms with E-state index >= 15 is 0 Å². The van der Waals surface area contributed by atoms with Crippen LogP contribution in [0.5, 0.6) is 11.5 Å². The Morgan fingerprint density at radius 3 is 2.39 bits per heavy atom. The number of methoxy groups -OCH3 is 1. The number of phenolic OH excluding ortho intramolecular Hbond substituents is 1. The summed E-state index contributed by atoms with van der Waals surface area (Å²) in [7, 11) is 1.52. The maximum absolute atomic E-state index is 10.0. The average molecular weight is 687 g/mol. The van der Waals surface area contributed by atoms with Gasteiger partial charge in [-0.3, -0.25) is 0 Å². The van der Waals surface area contributed by atoms with Crippen molar-refractivity contribution in [3.05, 3.63) is 59.2 Å². The number of aryl methyl sites for hydroxylation is 1. The molecule has 6 nitrogen and oxygen atoms in total. The van der Waals surface area contributed by atoms with Gasteiger partial charge in [0.1, 0.15) is 17.9 Å². The number of aromatic hydroxyl groups is 1. The first-order valence-electron chi connectivity index (χ1n) is 10.5. The molecule has 2 N–H and O–H groups in total. The molecular formula is C25H33BrN3O3W-. The van der Waals surface area contributed by atoms with Crippen molar-refractivity contribution in [1.82, 2.24) is 9.97 Å². The minimum atomic E-state index is -0.208. The zero-order valence-electron chi connectivity index (χ0n) is 20.1. The average Bonchev–Trinajstić information content (AvgIpc) is 2.78. The van der Waals surface area contributed by atoms with Crippen LogP contribution in [-0.4, -0.2) is 28.5 Å². The van der Waals surface area contributed by atoms with Crippen molar-refractivity contribution in [2.45, 2.75) is 47.6 Å². The van der Waals surface area contributed by atoms with E-state index in [0.717, 1.165) is 21.7 Å². The van der Waals surface area contributed by atoms with E-state index in [1.54, 1.807) is 12.1 Å². The molecule has 1 aromatic heterocycles. The van der Waals surface area contributed by atoms with Gasteiger partial charge in [-0.05, 0) is 36.1 Å². The number of nitrogens with zero attached hydrogens (tertiary/aromatic N) is 2. The van der Waals surface area contributed by atoms with Gasteiger partial charge in [0.25, 0.3) is 0 Å². The molecule has 0 saturated carbocycles. The molecular weight excluding hydrogens is 654 g/mol. The molecule has 33 heavy (non-hydrogen) atoms. The Morgan fingerprint density at radius 2 is 1.88 bits per heavy atom. The first kappa shape index (κ1) is 31.0. The molecule has 0 radical (unpaired) electrons. The quantitative estimate of drug-likeness (QED) is 0.228. The normalized spacial score (nSPS) is 10.1. The number of nitrogens with one attached hydrogen (secondary N) is 1. The van der Waals surface area contributed by atoms with Crippen molar-refractivity contribution in [3.63, 3.8) is 0 Å². The largest absolute Gasteiger partial charge is 0.504 e. The molecule has 1 heterocycles. The van der Waals surface area contributed by atoms with Crippen LogP contribution in [0, 0.1) is 19.3 Å². The Balaban J connectivity index is 0.000000884. The van der Waals surface area contributed by atoms with Crippen molar-refractivity contribution in [1.29, 1.82) is 0 Å². The van der Waals surface area contributed by atoms with Gasteiger partial charge >= 0.3 is 0 Å². The Kier molecular flexibility index (Phi) is 14.1. The summed E-state index contributed by atoms with van der Waals surface area (Å²) in [5.74, 6) is 1.82. The predicted molar refractivity (Wildman–Crippen MR) is 135 cm³/mol. The predicted octanol–water partition coefficient (Wildman–Crippen LogP) is 6.49. The number of rotatable bonds is 6. The molecule has 0 bridgehead atoms. The smallest absolute Gasteiger partial charge is 0.161 e. The van der Waals surface area contributed by atoms with E-state index in [4.69, 9.17) is 4.74 Å². The molecule has 0 spiro atoms. The van der Waals surface area contributed by atoms with E-state index in [2.05, 4.69) is 44.2 Å². The number of anilines is 1. The van der Waals surface area contributed by atoms with Crippen molar-refractivity contribution >= 4 is 38.9 Å². The maximum atomic E-state index is 10.0. The molecule has 0 aliphatic rings. The van der Waals surface area contributed by atoms with Crippen LogP contribution in [0.1, 0.15) is 45.5 Å². The zero-order chi connectivity index (χ0) is 24.3. The molecule has 0 amide bonds. The van der Waals surface area contributed by atoms with E-state index < -0.39 is 0 Å². The first-order chi connectivity index (χ1) is 15.2. The van der Waals surface area contributed by atoms with Gasteiger partial charge in [0.15, 0.2) is 11.5 Å². The number of hydrogen-bond acceptors (Lipinski definition) is 6. The van der Waals surface area contributed by atoms with Gasteiger partial charge < -0.3 is 26.9 Å². The van der Waals surface area contributed by atoms with E-state index in [-0.39, 0.29) is 32.2 Å². The van der Waals surface area contributed by atoms with Crippen molar-refractivity contribution < 1.29 is 35.7 Å². The number of hydrogen-bond donors (Lipinski definition) is 2. The Morgan fingerprint density at radius 1 is 1.21 bits per heavy atom. The monoisotopic (exact) mass is 686 g/mol. The van der Waals surface area contributed by atoms with Gasteiger partial charge in [0.05, 0.1) is 12.6 Å². The second-order valence-electron chi connectivity index (χ2n) is 7.50. The molecule has 3 aromatic rings. The number of phenols is 1. The molecule has 180 valence electrons. The minimum Gasteiger partial charge on any atom is -0.504 e. The fourth-order valence-corrected chi connectivity index (χ4v) is 2.90. The molecule has 3 rings (SSSR count). The third kappa shape index (κ3) is 9.81. The Bertz CT molecular complexity index is 1030. The molecule has 0 saturated heterocycles. The molecule has 8 heteroatoms. The van der Waals surface area contributed by atoms with Gasteiger partial charge in [0.2, 0.25) is 0 Å². The van der Waals surface area contributed by atoms with Gasteiger partial charge in [-0.1, -0.05) is 55.8 Å². The van der Waals surface area contributed by atoms with E-state index in [1.165, 1.54) is 7.11 Å². The number of ether oxygens (including phenoxy) is 1. The number of aldehydes is 1. The second-order valence-corrected chi connectivity index (χ2v) is 8.42. The van der Waals surface area contributed by atoms with Crippen molar-refractivity contribution in [3.8, 4) is 11.5 Å². The summed E-state index contributed by atoms with van der Waals surface area (Å²) in [5, 5.41) is 14.1. The summed E-state index contributed by atoms with van der Waals surface area (Å²) in [5.41, 5.74) is 1.60. The van der Waals surface area contributed by atoms with Crippen LogP contribution in [-0.2, 0) is 32.4 Å². The topological polar surface area (TPSA) is 84.3 Å². The molecule has 0 aliphatic carbocycles. The Hall–Kier alpha value is -1.98. The maximum Gasteiger partial charge on any atom is 0.161 e. The van der Waals surface area contributed by atoms with Gasteiger partial charge in [-0.2, -0.15) is 6.42 Å². The summed E-state index contributed by atoms with van der Waals surface area (Å²) in [6.45, 7) is 13.8. The Labute approximate surface area is 220 Å². The first-order valence-corrected chi connectivity index (χ1v) is 11.3. The number of halogens is 1. The number of aromatic nitrogens is 2. The second kappa shape index (κ2) is 15.0. The van der Waals surface area contributed by atoms with Crippen LogP contribution >= 0.6 is 15.9 Å². The SMILES string of the molecule is CC.COc1cc2c(NCc3cccc(Br)c3)nc(C)nc2cc1O.[CH2-]CC(C)(C)C=O.[W]. The summed E-state index contributed by atoms with van der Waals surface area (Å²) in [6.07, 6.45) is 1.61. The number of carbonyl (C=O) groups is 1. The number of carbonyl (C=O) groups excluding carboxylic acids is 1. The summed E-state index contributed by atoms with van der Waals surface area (Å²) < 4.78 is 6.21. The number of benzene rings is 2. The summed E-state index contributed by atoms with van der Waals surface area (Å²) in [6, 6.07) is 11.4. The van der Waals surface area contributed by atoms with Gasteiger partial charge in [0, 0.05) is 43.5 Å². The summed E-state index contributed by atoms with van der Waals surface area (Å²) in [4.78, 5) is 18.9. The van der Waals surface area contributed by atoms with Crippen LogP contribution in [0.3, 0.4) is 0 Å². The van der Waals surface area contributed by atoms with Crippen molar-refractivity contribution in [2.24, 2.45) is 5.41 Å². The van der Waals surface area contributed by atoms with Crippen LogP contribution in [0.15, 0.2) is 40.9 Å². The fraction of sp³-hybridized carbons (Fsp3) is 0.360.